The van der Waals surface area contributed by atoms with Gasteiger partial charge in [-0.3, -0.25) is 0 Å². The number of hydrogen-bond acceptors (Lipinski definition) is 1. The number of fused-ring (bicyclic) bond motifs is 4. The van der Waals surface area contributed by atoms with Crippen molar-refractivity contribution in [2.24, 2.45) is 39.4 Å². The van der Waals surface area contributed by atoms with Crippen molar-refractivity contribution in [2.75, 3.05) is 0 Å². The first-order chi connectivity index (χ1) is 18.0. The van der Waals surface area contributed by atoms with E-state index in [1.165, 1.54) is 4.91 Å². The lowest BCUT2D eigenvalue weighted by Gasteiger charge is -2.55. The van der Waals surface area contributed by atoms with Crippen LogP contribution >= 0.6 is 11.8 Å². The van der Waals surface area contributed by atoms with E-state index in [1.807, 2.05) is 6.92 Å². The van der Waals surface area contributed by atoms with Crippen LogP contribution in [0.4, 0.5) is 26.3 Å². The average molecular weight is 581 g/mol. The fourth-order valence-electron chi connectivity index (χ4n) is 9.35. The first-order valence-corrected chi connectivity index (χ1v) is 16.4. The van der Waals surface area contributed by atoms with Crippen LogP contribution in [0.5, 0.6) is 0 Å². The van der Waals surface area contributed by atoms with Crippen molar-refractivity contribution >= 4 is 11.8 Å². The molecule has 0 aromatic rings. The number of allylic oxidation sites excluding steroid dienone is 2. The van der Waals surface area contributed by atoms with Gasteiger partial charge in [-0.2, -0.15) is 26.3 Å². The summed E-state index contributed by atoms with van der Waals surface area (Å²) in [6.45, 7) is 10.4. The van der Waals surface area contributed by atoms with E-state index >= 15 is 26.3 Å². The number of rotatable bonds is 8. The monoisotopic (exact) mass is 580 g/mol. The van der Waals surface area contributed by atoms with Gasteiger partial charge in [-0.1, -0.05) is 53.5 Å². The summed E-state index contributed by atoms with van der Waals surface area (Å²) < 4.78 is 92.4. The minimum absolute atomic E-state index is 0.00129. The molecule has 1 saturated heterocycles. The average Bonchev–Trinajstić information content (AvgIpc) is 3.04. The smallest absolute Gasteiger partial charge is 0.170 e. The highest BCUT2D eigenvalue weighted by Gasteiger charge is 2.76. The summed E-state index contributed by atoms with van der Waals surface area (Å²) in [5.74, 6) is -2.54. The lowest BCUT2D eigenvalue weighted by molar-refractivity contribution is -0.381. The SMILES string of the molecule is CCCCC(CCC1(C)CC2=CCC[C@@H]1S2)C(C1CCC2(C)CCC(C)C(C)(CC1)C2)(C(F)(F)F)C(F)(F)F. The summed E-state index contributed by atoms with van der Waals surface area (Å²) in [5, 5.41) is 0.303. The van der Waals surface area contributed by atoms with Crippen molar-refractivity contribution in [2.45, 2.75) is 149 Å². The fraction of sp³-hybridized carbons (Fsp3) is 0.938. The third-order valence-corrected chi connectivity index (χ3v) is 13.7. The van der Waals surface area contributed by atoms with Crippen molar-refractivity contribution < 1.29 is 26.3 Å². The number of alkyl halides is 6. The van der Waals surface area contributed by atoms with Crippen LogP contribution in [0.25, 0.3) is 0 Å². The molecule has 0 N–H and O–H groups in total. The maximum Gasteiger partial charge on any atom is 0.403 e. The molecule has 0 aromatic carbocycles. The molecule has 2 aliphatic heterocycles. The fourth-order valence-corrected chi connectivity index (χ4v) is 11.1. The highest BCUT2D eigenvalue weighted by Crippen LogP contribution is 2.67. The maximum atomic E-state index is 15.4. The molecule has 0 aromatic heterocycles. The van der Waals surface area contributed by atoms with E-state index in [2.05, 4.69) is 33.8 Å². The van der Waals surface area contributed by atoms with E-state index < -0.39 is 29.6 Å². The van der Waals surface area contributed by atoms with Gasteiger partial charge in [0, 0.05) is 5.25 Å². The summed E-state index contributed by atoms with van der Waals surface area (Å²) >= 11 is 1.81. The highest BCUT2D eigenvalue weighted by atomic mass is 32.2. The Morgan fingerprint density at radius 2 is 1.56 bits per heavy atom. The zero-order chi connectivity index (χ0) is 28.9. The Hall–Kier alpha value is -0.330. The first kappa shape index (κ1) is 31.6. The third kappa shape index (κ3) is 5.83. The van der Waals surface area contributed by atoms with Gasteiger partial charge in [0.2, 0.25) is 0 Å². The zero-order valence-corrected chi connectivity index (χ0v) is 25.5. The van der Waals surface area contributed by atoms with Crippen LogP contribution in [0, 0.1) is 39.4 Å². The van der Waals surface area contributed by atoms with E-state index in [0.717, 1.165) is 38.5 Å². The molecule has 0 spiro atoms. The molecule has 6 unspecified atom stereocenters. The number of thioether (sulfide) groups is 1. The zero-order valence-electron chi connectivity index (χ0n) is 24.7. The van der Waals surface area contributed by atoms with Gasteiger partial charge in [-0.05, 0) is 122 Å². The van der Waals surface area contributed by atoms with Crippen molar-refractivity contribution in [3.8, 4) is 0 Å². The minimum atomic E-state index is -5.33. The summed E-state index contributed by atoms with van der Waals surface area (Å²) in [7, 11) is 0. The summed E-state index contributed by atoms with van der Waals surface area (Å²) in [6, 6.07) is 0. The molecule has 7 atom stereocenters. The predicted octanol–water partition coefficient (Wildman–Crippen LogP) is 11.9. The van der Waals surface area contributed by atoms with Crippen molar-refractivity contribution in [1.82, 2.24) is 0 Å². The van der Waals surface area contributed by atoms with Crippen LogP contribution in [0.3, 0.4) is 0 Å². The van der Waals surface area contributed by atoms with Crippen LogP contribution in [0.2, 0.25) is 0 Å². The number of unbranched alkanes of at least 4 members (excludes halogenated alkanes) is 1. The molecule has 0 amide bonds. The standard InChI is InChI=1S/C32H50F6S/c1-6-7-9-23(14-18-28(4)20-25-10-8-11-26(28)39-25)30(31(33,34)35,32(36,37)38)24-13-17-27(3)16-12-22(2)29(5,21-27)19-15-24/h10,22-24,26H,6-9,11-21H2,1-5H3/t22?,23?,24?,26-,27?,28?,29?/m0/s1. The molecule has 4 bridgehead atoms. The molecule has 39 heavy (non-hydrogen) atoms. The predicted molar refractivity (Wildman–Crippen MR) is 149 cm³/mol. The van der Waals surface area contributed by atoms with Gasteiger partial charge in [-0.25, -0.2) is 0 Å². The van der Waals surface area contributed by atoms with E-state index in [4.69, 9.17) is 0 Å². The molecule has 2 aliphatic carbocycles. The number of halogens is 6. The molecule has 2 saturated carbocycles. The number of hydrogen-bond donors (Lipinski definition) is 0. The molecular formula is C32H50F6S. The van der Waals surface area contributed by atoms with Gasteiger partial charge in [-0.15, -0.1) is 11.8 Å². The molecule has 226 valence electrons. The molecule has 7 heteroatoms. The minimum Gasteiger partial charge on any atom is -0.170 e. The van der Waals surface area contributed by atoms with E-state index in [0.29, 0.717) is 43.3 Å². The van der Waals surface area contributed by atoms with Crippen LogP contribution in [0.15, 0.2) is 11.0 Å². The highest BCUT2D eigenvalue weighted by molar-refractivity contribution is 8.04. The van der Waals surface area contributed by atoms with Crippen molar-refractivity contribution in [1.29, 1.82) is 0 Å². The van der Waals surface area contributed by atoms with Crippen molar-refractivity contribution in [3.63, 3.8) is 0 Å². The molecular weight excluding hydrogens is 530 g/mol. The first-order valence-electron chi connectivity index (χ1n) is 15.5. The summed E-state index contributed by atoms with van der Waals surface area (Å²) in [5.41, 5.74) is -4.25. The summed E-state index contributed by atoms with van der Waals surface area (Å²) in [4.78, 5) is 1.28. The van der Waals surface area contributed by atoms with Crippen molar-refractivity contribution in [3.05, 3.63) is 11.0 Å². The Balaban J connectivity index is 1.73. The van der Waals surface area contributed by atoms with Gasteiger partial charge < -0.3 is 0 Å². The van der Waals surface area contributed by atoms with Gasteiger partial charge in [0.15, 0.2) is 5.41 Å². The second-order valence-corrected chi connectivity index (χ2v) is 16.1. The Labute approximate surface area is 236 Å². The molecule has 0 nitrogen and oxygen atoms in total. The lowest BCUT2D eigenvalue weighted by Crippen LogP contribution is -2.60. The quantitative estimate of drug-likeness (QED) is 0.257. The van der Waals surface area contributed by atoms with E-state index in [1.54, 1.807) is 11.8 Å². The van der Waals surface area contributed by atoms with Crippen LogP contribution in [-0.2, 0) is 0 Å². The van der Waals surface area contributed by atoms with Gasteiger partial charge in [0.25, 0.3) is 0 Å². The molecule has 3 fully saturated rings. The van der Waals surface area contributed by atoms with E-state index in [9.17, 15) is 0 Å². The normalized spacial score (nSPS) is 38.6. The molecule has 0 radical (unpaired) electrons. The Morgan fingerprint density at radius 1 is 0.923 bits per heavy atom. The molecule has 4 rings (SSSR count). The van der Waals surface area contributed by atoms with E-state index in [-0.39, 0.29) is 41.9 Å². The Kier molecular flexibility index (Phi) is 8.96. The lowest BCUT2D eigenvalue weighted by atomic mass is 9.51. The molecule has 4 aliphatic rings. The van der Waals surface area contributed by atoms with Crippen LogP contribution in [0.1, 0.15) is 131 Å². The van der Waals surface area contributed by atoms with Gasteiger partial charge in [0.05, 0.1) is 0 Å². The Bertz CT molecular complexity index is 878. The largest absolute Gasteiger partial charge is 0.403 e. The summed E-state index contributed by atoms with van der Waals surface area (Å²) in [6.07, 6.45) is -0.539. The topological polar surface area (TPSA) is 0 Å². The van der Waals surface area contributed by atoms with Gasteiger partial charge >= 0.3 is 12.4 Å². The van der Waals surface area contributed by atoms with Gasteiger partial charge in [0.1, 0.15) is 0 Å². The maximum absolute atomic E-state index is 15.4. The molecule has 2 heterocycles. The second-order valence-electron chi connectivity index (χ2n) is 14.8. The third-order valence-electron chi connectivity index (χ3n) is 12.0. The Morgan fingerprint density at radius 3 is 2.18 bits per heavy atom. The second kappa shape index (κ2) is 11.1. The van der Waals surface area contributed by atoms with Crippen LogP contribution < -0.4 is 0 Å². The van der Waals surface area contributed by atoms with Crippen LogP contribution in [-0.4, -0.2) is 17.6 Å².